The molecule has 0 unspecified atom stereocenters. The normalized spacial score (nSPS) is 16.7. The van der Waals surface area contributed by atoms with E-state index in [1.807, 2.05) is 25.1 Å². The molecule has 1 aromatic carbocycles. The van der Waals surface area contributed by atoms with Crippen molar-refractivity contribution in [2.45, 2.75) is 32.4 Å². The van der Waals surface area contributed by atoms with Gasteiger partial charge in [0, 0.05) is 25.0 Å². The first kappa shape index (κ1) is 21.3. The van der Waals surface area contributed by atoms with Gasteiger partial charge < -0.3 is 15.5 Å². The zero-order chi connectivity index (χ0) is 22.0. The number of carbonyl (C=O) groups is 2. The fourth-order valence-corrected chi connectivity index (χ4v) is 4.73. The number of anilines is 2. The number of urea groups is 1. The molecule has 1 aliphatic heterocycles. The molecule has 10 heteroatoms. The Labute approximate surface area is 189 Å². The minimum Gasteiger partial charge on any atom is -0.383 e. The van der Waals surface area contributed by atoms with Gasteiger partial charge in [0.15, 0.2) is 0 Å². The number of nitrogens with zero attached hydrogens (tertiary/aromatic N) is 4. The van der Waals surface area contributed by atoms with Crippen molar-refractivity contribution in [2.24, 2.45) is 0 Å². The lowest BCUT2D eigenvalue weighted by Gasteiger charge is -2.40. The largest absolute Gasteiger partial charge is 0.383 e. The fourth-order valence-electron chi connectivity index (χ4n) is 3.79. The lowest BCUT2D eigenvalue weighted by molar-refractivity contribution is -0.140. The molecule has 3 heterocycles. The van der Waals surface area contributed by atoms with Gasteiger partial charge in [-0.05, 0) is 36.2 Å². The molecular formula is C21H23ClN6O2S. The number of halogens is 1. The van der Waals surface area contributed by atoms with Crippen LogP contribution < -0.4 is 11.1 Å². The zero-order valence-electron chi connectivity index (χ0n) is 17.0. The van der Waals surface area contributed by atoms with Crippen LogP contribution in [0.1, 0.15) is 25.3 Å². The highest BCUT2D eigenvalue weighted by atomic mass is 35.5. The van der Waals surface area contributed by atoms with Crippen LogP contribution in [0.2, 0.25) is 4.34 Å². The van der Waals surface area contributed by atoms with Crippen LogP contribution in [-0.2, 0) is 11.3 Å². The Bertz CT molecular complexity index is 1120. The zero-order valence-corrected chi connectivity index (χ0v) is 18.6. The van der Waals surface area contributed by atoms with E-state index < -0.39 is 6.04 Å². The van der Waals surface area contributed by atoms with Crippen LogP contribution in [0.25, 0.3) is 10.9 Å². The third-order valence-electron chi connectivity index (χ3n) is 5.32. The lowest BCUT2D eigenvalue weighted by atomic mass is 10.0. The summed E-state index contributed by atoms with van der Waals surface area (Å²) in [5.41, 5.74) is 7.60. The Morgan fingerprint density at radius 2 is 2.13 bits per heavy atom. The number of hydrogen-bond acceptors (Lipinski definition) is 6. The van der Waals surface area contributed by atoms with Crippen LogP contribution in [0.15, 0.2) is 36.7 Å². The topological polar surface area (TPSA) is 104 Å². The molecule has 4 rings (SSSR count). The Morgan fingerprint density at radius 1 is 1.29 bits per heavy atom. The first-order chi connectivity index (χ1) is 15.0. The second kappa shape index (κ2) is 9.07. The lowest BCUT2D eigenvalue weighted by Crippen LogP contribution is -2.59. The summed E-state index contributed by atoms with van der Waals surface area (Å²) in [4.78, 5) is 37.8. The van der Waals surface area contributed by atoms with Gasteiger partial charge >= 0.3 is 6.03 Å². The number of amides is 3. The van der Waals surface area contributed by atoms with Crippen molar-refractivity contribution in [3.8, 4) is 0 Å². The van der Waals surface area contributed by atoms with E-state index in [0.717, 1.165) is 22.9 Å². The number of thiophene rings is 1. The molecule has 8 nitrogen and oxygen atoms in total. The average molecular weight is 459 g/mol. The highest BCUT2D eigenvalue weighted by molar-refractivity contribution is 7.20. The van der Waals surface area contributed by atoms with Crippen LogP contribution in [-0.4, -0.2) is 50.8 Å². The highest BCUT2D eigenvalue weighted by Crippen LogP contribution is 2.27. The summed E-state index contributed by atoms with van der Waals surface area (Å²) < 4.78 is 0.601. The van der Waals surface area contributed by atoms with Gasteiger partial charge in [0.05, 0.1) is 14.9 Å². The molecule has 2 aromatic heterocycles. The van der Waals surface area contributed by atoms with Crippen LogP contribution in [0.5, 0.6) is 0 Å². The third kappa shape index (κ3) is 4.57. The number of piperazine rings is 1. The van der Waals surface area contributed by atoms with Gasteiger partial charge in [-0.25, -0.2) is 14.8 Å². The van der Waals surface area contributed by atoms with Gasteiger partial charge in [0.1, 0.15) is 18.2 Å². The Kier molecular flexibility index (Phi) is 6.24. The van der Waals surface area contributed by atoms with E-state index in [9.17, 15) is 9.59 Å². The fraction of sp³-hybridized carbons (Fsp3) is 0.333. The molecule has 1 aliphatic rings. The van der Waals surface area contributed by atoms with Crippen molar-refractivity contribution in [2.75, 3.05) is 24.1 Å². The molecule has 1 fully saturated rings. The minimum atomic E-state index is -0.493. The maximum Gasteiger partial charge on any atom is 0.323 e. The van der Waals surface area contributed by atoms with Gasteiger partial charge in [-0.2, -0.15) is 0 Å². The summed E-state index contributed by atoms with van der Waals surface area (Å²) in [6.07, 6.45) is 2.84. The van der Waals surface area contributed by atoms with E-state index in [2.05, 4.69) is 15.3 Å². The van der Waals surface area contributed by atoms with Gasteiger partial charge in [0.25, 0.3) is 0 Å². The Hall–Kier alpha value is -2.91. The second-order valence-corrected chi connectivity index (χ2v) is 9.12. The maximum atomic E-state index is 13.2. The molecule has 1 saturated heterocycles. The van der Waals surface area contributed by atoms with E-state index >= 15 is 0 Å². The van der Waals surface area contributed by atoms with Gasteiger partial charge in [0.2, 0.25) is 5.91 Å². The molecule has 3 amide bonds. The van der Waals surface area contributed by atoms with Crippen molar-refractivity contribution in [1.82, 2.24) is 19.8 Å². The van der Waals surface area contributed by atoms with E-state index in [1.54, 1.807) is 21.9 Å². The van der Waals surface area contributed by atoms with Crippen molar-refractivity contribution < 1.29 is 9.59 Å². The van der Waals surface area contributed by atoms with Crippen LogP contribution in [0.3, 0.4) is 0 Å². The van der Waals surface area contributed by atoms with E-state index in [4.69, 9.17) is 17.3 Å². The minimum absolute atomic E-state index is 0.0465. The molecule has 0 bridgehead atoms. The summed E-state index contributed by atoms with van der Waals surface area (Å²) in [6, 6.07) is 8.46. The number of rotatable bonds is 5. The van der Waals surface area contributed by atoms with E-state index in [1.165, 1.54) is 17.7 Å². The Morgan fingerprint density at radius 3 is 2.87 bits per heavy atom. The molecular weight excluding hydrogens is 436 g/mol. The molecule has 162 valence electrons. The molecule has 3 aromatic rings. The highest BCUT2D eigenvalue weighted by Gasteiger charge is 2.37. The first-order valence-corrected chi connectivity index (χ1v) is 11.3. The molecule has 1 atom stereocenters. The second-order valence-electron chi connectivity index (χ2n) is 7.40. The van der Waals surface area contributed by atoms with Gasteiger partial charge in [-0.15, -0.1) is 11.3 Å². The number of hydrogen-bond donors (Lipinski definition) is 2. The van der Waals surface area contributed by atoms with Crippen molar-refractivity contribution in [3.63, 3.8) is 0 Å². The molecule has 0 spiro atoms. The number of aromatic nitrogens is 2. The maximum absolute atomic E-state index is 13.2. The summed E-state index contributed by atoms with van der Waals surface area (Å²) in [7, 11) is 0. The van der Waals surface area contributed by atoms with E-state index in [0.29, 0.717) is 41.2 Å². The number of nitrogen functional groups attached to an aromatic ring is 1. The Balaban J connectivity index is 1.49. The number of benzene rings is 1. The smallest absolute Gasteiger partial charge is 0.323 e. The summed E-state index contributed by atoms with van der Waals surface area (Å²) in [5.74, 6) is 0.386. The SMILES string of the molecule is CCC[C@H]1C(=O)N(Cc2ccc3c(N)ncnc3c2)CCN1C(=O)Nc1ccc(Cl)s1. The van der Waals surface area contributed by atoms with Crippen LogP contribution in [0.4, 0.5) is 15.6 Å². The summed E-state index contributed by atoms with van der Waals surface area (Å²) in [6.45, 7) is 3.38. The summed E-state index contributed by atoms with van der Waals surface area (Å²) >= 11 is 7.24. The third-order valence-corrected chi connectivity index (χ3v) is 6.46. The van der Waals surface area contributed by atoms with Crippen molar-refractivity contribution in [3.05, 3.63) is 46.6 Å². The predicted molar refractivity (Wildman–Crippen MR) is 123 cm³/mol. The van der Waals surface area contributed by atoms with E-state index in [-0.39, 0.29) is 11.9 Å². The summed E-state index contributed by atoms with van der Waals surface area (Å²) in [5, 5.41) is 4.31. The van der Waals surface area contributed by atoms with Gasteiger partial charge in [-0.3, -0.25) is 10.1 Å². The quantitative estimate of drug-likeness (QED) is 0.601. The van der Waals surface area contributed by atoms with Crippen LogP contribution in [0, 0.1) is 0 Å². The predicted octanol–water partition coefficient (Wildman–Crippen LogP) is 3.97. The number of carbonyl (C=O) groups excluding carboxylic acids is 2. The number of fused-ring (bicyclic) bond motifs is 1. The molecule has 31 heavy (non-hydrogen) atoms. The molecule has 3 N–H and O–H groups in total. The molecule has 0 aliphatic carbocycles. The number of nitrogens with two attached hydrogens (primary N) is 1. The number of nitrogens with one attached hydrogen (secondary N) is 1. The average Bonchev–Trinajstić information content (AvgIpc) is 3.15. The molecule has 0 saturated carbocycles. The standard InChI is InChI=1S/C21H23ClN6O2S/c1-2-3-16-20(29)27(8-9-28(16)21(30)26-18-7-6-17(22)31-18)11-13-4-5-14-15(10-13)24-12-25-19(14)23/h4-7,10,12,16H,2-3,8-9,11H2,1H3,(H,26,30)(H2,23,24,25)/t16-/m0/s1. The molecule has 0 radical (unpaired) electrons. The van der Waals surface area contributed by atoms with Gasteiger partial charge in [-0.1, -0.05) is 31.0 Å². The monoisotopic (exact) mass is 458 g/mol. The van der Waals surface area contributed by atoms with Crippen LogP contribution >= 0.6 is 22.9 Å². The van der Waals surface area contributed by atoms with Crippen molar-refractivity contribution >= 4 is 56.6 Å². The first-order valence-electron chi connectivity index (χ1n) is 10.1. The van der Waals surface area contributed by atoms with Crippen molar-refractivity contribution in [1.29, 1.82) is 0 Å².